The topological polar surface area (TPSA) is 55.8 Å². The van der Waals surface area contributed by atoms with Crippen LogP contribution in [0.4, 0.5) is 0 Å². The van der Waals surface area contributed by atoms with Crippen LogP contribution in [0.3, 0.4) is 0 Å². The average Bonchev–Trinajstić information content (AvgIpc) is 2.68. The van der Waals surface area contributed by atoms with Gasteiger partial charge in [0.25, 0.3) is 0 Å². The summed E-state index contributed by atoms with van der Waals surface area (Å²) in [7, 11) is -0.922. The molecule has 2 aromatic carbocycles. The molecule has 0 aliphatic carbocycles. The van der Waals surface area contributed by atoms with Crippen molar-refractivity contribution >= 4 is 36.3 Å². The third-order valence-corrected chi connectivity index (χ3v) is 7.70. The summed E-state index contributed by atoms with van der Waals surface area (Å²) < 4.78 is 18.1. The van der Waals surface area contributed by atoms with Gasteiger partial charge in [-0.1, -0.05) is 41.4 Å². The number of halogens is 2. The van der Waals surface area contributed by atoms with Crippen LogP contribution in [0.25, 0.3) is 0 Å². The molecule has 0 fully saturated rings. The van der Waals surface area contributed by atoms with Gasteiger partial charge in [0, 0.05) is 19.1 Å². The minimum atomic E-state index is -2.53. The first kappa shape index (κ1) is 24.7. The third-order valence-electron chi connectivity index (χ3n) is 4.91. The minimum Gasteiger partial charge on any atom is -0.497 e. The highest BCUT2D eigenvalue weighted by Gasteiger charge is 2.27. The molecule has 0 aliphatic heterocycles. The number of carbonyl (C=O) groups excluding carboxylic acids is 1. The molecule has 30 heavy (non-hydrogen) atoms. The van der Waals surface area contributed by atoms with E-state index < -0.39 is 7.14 Å². The number of carbonyl (C=O) groups is 1. The zero-order valence-corrected chi connectivity index (χ0v) is 20.3. The van der Waals surface area contributed by atoms with Crippen molar-refractivity contribution < 1.29 is 18.9 Å². The van der Waals surface area contributed by atoms with E-state index in [4.69, 9.17) is 32.8 Å². The first-order valence-electron chi connectivity index (χ1n) is 9.61. The molecule has 5 nitrogen and oxygen atoms in total. The van der Waals surface area contributed by atoms with Crippen LogP contribution >= 0.6 is 30.3 Å². The van der Waals surface area contributed by atoms with Gasteiger partial charge < -0.3 is 9.30 Å². The molecule has 0 heterocycles. The molecule has 8 heteroatoms. The fourth-order valence-corrected chi connectivity index (χ4v) is 5.13. The quantitative estimate of drug-likeness (QED) is 0.305. The van der Waals surface area contributed by atoms with Crippen molar-refractivity contribution in [2.24, 2.45) is 0 Å². The van der Waals surface area contributed by atoms with E-state index in [-0.39, 0.29) is 17.7 Å². The van der Waals surface area contributed by atoms with E-state index in [1.165, 1.54) is 12.0 Å². The second-order valence-corrected chi connectivity index (χ2v) is 11.9. The van der Waals surface area contributed by atoms with Crippen LogP contribution < -0.4 is 4.74 Å². The van der Waals surface area contributed by atoms with E-state index in [2.05, 4.69) is 0 Å². The van der Waals surface area contributed by atoms with Crippen molar-refractivity contribution in [1.29, 1.82) is 0 Å². The molecule has 164 valence electrons. The van der Waals surface area contributed by atoms with E-state index in [0.29, 0.717) is 23.0 Å². The van der Waals surface area contributed by atoms with Crippen molar-refractivity contribution in [2.75, 3.05) is 27.0 Å². The zero-order chi connectivity index (χ0) is 22.5. The maximum Gasteiger partial charge on any atom is 0.243 e. The minimum absolute atomic E-state index is 0.217. The fraction of sp³-hybridized carbons (Fsp3) is 0.409. The Hall–Kier alpha value is -1.52. The lowest BCUT2D eigenvalue weighted by Gasteiger charge is -2.28. The number of hydrogen-bond acceptors (Lipinski definition) is 4. The van der Waals surface area contributed by atoms with Gasteiger partial charge >= 0.3 is 0 Å². The van der Waals surface area contributed by atoms with Crippen molar-refractivity contribution in [3.8, 4) is 5.75 Å². The standard InChI is InChI=1S/C22H28Cl2NO4P/c1-15(17-6-9-19(28-3)10-7-17)29-25(16(2)26)13-12-22(30(4,5)27)18-8-11-20(23)21(24)14-18/h6-11,14-15,22H,12-13H2,1-5H3. The van der Waals surface area contributed by atoms with E-state index in [1.54, 1.807) is 32.6 Å². The Bertz CT molecular complexity index is 914. The summed E-state index contributed by atoms with van der Waals surface area (Å²) in [5, 5.41) is 2.19. The molecule has 0 bridgehead atoms. The van der Waals surface area contributed by atoms with E-state index >= 15 is 0 Å². The Balaban J connectivity index is 2.14. The third kappa shape index (κ3) is 6.75. The molecular formula is C22H28Cl2NO4P. The normalized spacial score (nSPS) is 13.6. The Morgan fingerprint density at radius 3 is 2.17 bits per heavy atom. The highest BCUT2D eigenvalue weighted by atomic mass is 35.5. The van der Waals surface area contributed by atoms with Crippen molar-refractivity contribution in [1.82, 2.24) is 5.06 Å². The van der Waals surface area contributed by atoms with Gasteiger partial charge in [0.1, 0.15) is 11.9 Å². The van der Waals surface area contributed by atoms with Gasteiger partial charge in [0.15, 0.2) is 0 Å². The van der Waals surface area contributed by atoms with Crippen LogP contribution in [0, 0.1) is 0 Å². The molecule has 2 unspecified atom stereocenters. The first-order valence-corrected chi connectivity index (χ1v) is 13.0. The van der Waals surface area contributed by atoms with Crippen LogP contribution in [0.1, 0.15) is 43.2 Å². The Labute approximate surface area is 188 Å². The van der Waals surface area contributed by atoms with Crippen LogP contribution in [-0.2, 0) is 14.2 Å². The van der Waals surface area contributed by atoms with Crippen molar-refractivity contribution in [2.45, 2.75) is 32.0 Å². The van der Waals surface area contributed by atoms with E-state index in [9.17, 15) is 9.36 Å². The predicted molar refractivity (Wildman–Crippen MR) is 123 cm³/mol. The Kier molecular flexibility index (Phi) is 8.81. The highest BCUT2D eigenvalue weighted by molar-refractivity contribution is 7.62. The maximum atomic E-state index is 13.0. The van der Waals surface area contributed by atoms with Crippen molar-refractivity contribution in [3.63, 3.8) is 0 Å². The summed E-state index contributed by atoms with van der Waals surface area (Å²) in [5.41, 5.74) is 1.48. The number of ether oxygens (including phenoxy) is 1. The predicted octanol–water partition coefficient (Wildman–Crippen LogP) is 6.60. The zero-order valence-electron chi connectivity index (χ0n) is 17.9. The fourth-order valence-electron chi connectivity index (χ4n) is 3.21. The summed E-state index contributed by atoms with van der Waals surface area (Å²) in [5.74, 6) is 0.533. The number of hydrogen-bond donors (Lipinski definition) is 0. The number of benzene rings is 2. The molecule has 2 atom stereocenters. The largest absolute Gasteiger partial charge is 0.497 e. The first-order chi connectivity index (χ1) is 14.0. The van der Waals surface area contributed by atoms with Crippen LogP contribution in [0.5, 0.6) is 5.75 Å². The van der Waals surface area contributed by atoms with E-state index in [1.807, 2.05) is 37.3 Å². The molecule has 0 saturated heterocycles. The van der Waals surface area contributed by atoms with Gasteiger partial charge in [0.05, 0.1) is 24.3 Å². The molecule has 2 rings (SSSR count). The van der Waals surface area contributed by atoms with Gasteiger partial charge in [-0.3, -0.25) is 9.63 Å². The molecule has 1 amide bonds. The Morgan fingerprint density at radius 2 is 1.67 bits per heavy atom. The number of hydroxylamine groups is 2. The lowest BCUT2D eigenvalue weighted by molar-refractivity contribution is -0.203. The highest BCUT2D eigenvalue weighted by Crippen LogP contribution is 2.55. The second-order valence-electron chi connectivity index (χ2n) is 7.55. The van der Waals surface area contributed by atoms with Gasteiger partial charge in [-0.15, -0.1) is 0 Å². The summed E-state index contributed by atoms with van der Waals surface area (Å²) in [6.45, 7) is 7.09. The number of nitrogens with zero attached hydrogens (tertiary/aromatic N) is 1. The summed E-state index contributed by atoms with van der Waals surface area (Å²) in [6, 6.07) is 12.8. The lowest BCUT2D eigenvalue weighted by atomic mass is 10.1. The molecule has 0 radical (unpaired) electrons. The summed E-state index contributed by atoms with van der Waals surface area (Å²) >= 11 is 12.2. The molecule has 0 spiro atoms. The van der Waals surface area contributed by atoms with Gasteiger partial charge in [-0.2, -0.15) is 0 Å². The van der Waals surface area contributed by atoms with Gasteiger partial charge in [-0.25, -0.2) is 5.06 Å². The summed E-state index contributed by atoms with van der Waals surface area (Å²) in [6.07, 6.45) is 0.134. The summed E-state index contributed by atoms with van der Waals surface area (Å²) in [4.78, 5) is 18.1. The number of methoxy groups -OCH3 is 1. The molecule has 2 aromatic rings. The molecule has 0 saturated carbocycles. The molecular weight excluding hydrogens is 444 g/mol. The second kappa shape index (κ2) is 10.7. The number of amides is 1. The monoisotopic (exact) mass is 471 g/mol. The smallest absolute Gasteiger partial charge is 0.243 e. The lowest BCUT2D eigenvalue weighted by Crippen LogP contribution is -2.32. The van der Waals surface area contributed by atoms with E-state index in [0.717, 1.165) is 16.9 Å². The molecule has 0 aromatic heterocycles. The van der Waals surface area contributed by atoms with Gasteiger partial charge in [-0.05, 0) is 62.1 Å². The van der Waals surface area contributed by atoms with Crippen LogP contribution in [0.2, 0.25) is 10.0 Å². The Morgan fingerprint density at radius 1 is 1.07 bits per heavy atom. The van der Waals surface area contributed by atoms with Gasteiger partial charge in [0.2, 0.25) is 5.91 Å². The SMILES string of the molecule is COc1ccc(C(C)ON(CCC(c2ccc(Cl)c(Cl)c2)P(C)(C)=O)C(C)=O)cc1. The molecule has 0 N–H and O–H groups in total. The van der Waals surface area contributed by atoms with Crippen LogP contribution in [-0.4, -0.2) is 38.0 Å². The number of rotatable bonds is 9. The van der Waals surface area contributed by atoms with Crippen LogP contribution in [0.15, 0.2) is 42.5 Å². The average molecular weight is 472 g/mol. The van der Waals surface area contributed by atoms with Crippen molar-refractivity contribution in [3.05, 3.63) is 63.6 Å². The maximum absolute atomic E-state index is 13.0. The molecule has 0 aliphatic rings.